The Kier molecular flexibility index (Phi) is 4.96. The van der Waals surface area contributed by atoms with Crippen molar-refractivity contribution in [3.8, 4) is 0 Å². The van der Waals surface area contributed by atoms with E-state index in [1.165, 1.54) is 0 Å². The maximum Gasteiger partial charge on any atom is 0.223 e. The van der Waals surface area contributed by atoms with E-state index < -0.39 is 0 Å². The highest BCUT2D eigenvalue weighted by Gasteiger charge is 2.12. The molecule has 1 aromatic heterocycles. The molecule has 0 saturated carbocycles. The maximum absolute atomic E-state index is 9.07. The first-order valence-electron chi connectivity index (χ1n) is 5.82. The maximum atomic E-state index is 9.07. The SMILES string of the molecule is CCNc1cc(NC(C)C(C)CO)nc(N)n1. The van der Waals surface area contributed by atoms with Gasteiger partial charge in [-0.05, 0) is 19.8 Å². The van der Waals surface area contributed by atoms with Gasteiger partial charge >= 0.3 is 0 Å². The van der Waals surface area contributed by atoms with Crippen LogP contribution in [-0.4, -0.2) is 34.3 Å². The van der Waals surface area contributed by atoms with Crippen LogP contribution in [0.25, 0.3) is 0 Å². The summed E-state index contributed by atoms with van der Waals surface area (Å²) in [6, 6.07) is 1.92. The molecule has 0 amide bonds. The number of nitrogens with zero attached hydrogens (tertiary/aromatic N) is 2. The molecule has 0 fully saturated rings. The lowest BCUT2D eigenvalue weighted by Crippen LogP contribution is -2.27. The minimum absolute atomic E-state index is 0.115. The fourth-order valence-electron chi connectivity index (χ4n) is 1.35. The molecular weight excluding hydrogens is 218 g/mol. The van der Waals surface area contributed by atoms with E-state index in [4.69, 9.17) is 10.8 Å². The van der Waals surface area contributed by atoms with Crippen molar-refractivity contribution in [1.29, 1.82) is 0 Å². The first-order valence-corrected chi connectivity index (χ1v) is 5.82. The molecule has 1 heterocycles. The van der Waals surface area contributed by atoms with Crippen LogP contribution in [0.2, 0.25) is 0 Å². The van der Waals surface area contributed by atoms with Crippen LogP contribution in [-0.2, 0) is 0 Å². The molecule has 6 heteroatoms. The third-order valence-corrected chi connectivity index (χ3v) is 2.62. The van der Waals surface area contributed by atoms with E-state index in [1.54, 1.807) is 6.07 Å². The molecule has 0 aliphatic heterocycles. The molecule has 0 saturated heterocycles. The Balaban J connectivity index is 2.76. The fourth-order valence-corrected chi connectivity index (χ4v) is 1.35. The van der Waals surface area contributed by atoms with Gasteiger partial charge in [0.15, 0.2) is 0 Å². The largest absolute Gasteiger partial charge is 0.396 e. The first-order chi connectivity index (χ1) is 8.06. The second-order valence-electron chi connectivity index (χ2n) is 4.12. The summed E-state index contributed by atoms with van der Waals surface area (Å²) in [7, 11) is 0. The van der Waals surface area contributed by atoms with E-state index in [1.807, 2.05) is 20.8 Å². The summed E-state index contributed by atoms with van der Waals surface area (Å²) in [5, 5.41) is 15.4. The molecule has 96 valence electrons. The average molecular weight is 239 g/mol. The van der Waals surface area contributed by atoms with Gasteiger partial charge in [0.2, 0.25) is 5.95 Å². The van der Waals surface area contributed by atoms with Gasteiger partial charge in [0.1, 0.15) is 11.6 Å². The van der Waals surface area contributed by atoms with Gasteiger partial charge in [0.05, 0.1) is 0 Å². The second kappa shape index (κ2) is 6.24. The molecule has 6 nitrogen and oxygen atoms in total. The van der Waals surface area contributed by atoms with E-state index in [-0.39, 0.29) is 24.5 Å². The van der Waals surface area contributed by atoms with Crippen molar-refractivity contribution in [1.82, 2.24) is 9.97 Å². The lowest BCUT2D eigenvalue weighted by atomic mass is 10.1. The molecule has 1 aromatic rings. The summed E-state index contributed by atoms with van der Waals surface area (Å²) in [6.45, 7) is 6.86. The normalized spacial score (nSPS) is 14.1. The van der Waals surface area contributed by atoms with Crippen LogP contribution in [0.15, 0.2) is 6.07 Å². The number of hydrogen-bond donors (Lipinski definition) is 4. The van der Waals surface area contributed by atoms with E-state index in [0.29, 0.717) is 11.6 Å². The molecule has 0 radical (unpaired) electrons. The lowest BCUT2D eigenvalue weighted by molar-refractivity contribution is 0.226. The number of nitrogens with one attached hydrogen (secondary N) is 2. The van der Waals surface area contributed by atoms with Crippen LogP contribution in [0.5, 0.6) is 0 Å². The number of aliphatic hydroxyl groups is 1. The lowest BCUT2D eigenvalue weighted by Gasteiger charge is -2.20. The van der Waals surface area contributed by atoms with Gasteiger partial charge in [-0.1, -0.05) is 6.92 Å². The van der Waals surface area contributed by atoms with Crippen molar-refractivity contribution in [3.05, 3.63) is 6.07 Å². The number of nitrogens with two attached hydrogens (primary N) is 1. The molecule has 1 rings (SSSR count). The molecule has 0 aliphatic carbocycles. The molecule has 0 spiro atoms. The van der Waals surface area contributed by atoms with Crippen molar-refractivity contribution >= 4 is 17.6 Å². The molecule has 0 bridgehead atoms. The zero-order valence-corrected chi connectivity index (χ0v) is 10.6. The van der Waals surface area contributed by atoms with Gasteiger partial charge in [-0.15, -0.1) is 0 Å². The van der Waals surface area contributed by atoms with Crippen molar-refractivity contribution < 1.29 is 5.11 Å². The van der Waals surface area contributed by atoms with Crippen LogP contribution in [0, 0.1) is 5.92 Å². The van der Waals surface area contributed by atoms with Gasteiger partial charge in [-0.3, -0.25) is 0 Å². The van der Waals surface area contributed by atoms with Crippen LogP contribution >= 0.6 is 0 Å². The van der Waals surface area contributed by atoms with Gasteiger partial charge in [-0.25, -0.2) is 0 Å². The smallest absolute Gasteiger partial charge is 0.223 e. The summed E-state index contributed by atoms with van der Waals surface area (Å²) < 4.78 is 0. The Hall–Kier alpha value is -1.56. The Morgan fingerprint density at radius 2 is 2.00 bits per heavy atom. The predicted molar refractivity (Wildman–Crippen MR) is 69.9 cm³/mol. The first kappa shape index (κ1) is 13.5. The number of hydrogen-bond acceptors (Lipinski definition) is 6. The van der Waals surface area contributed by atoms with Crippen LogP contribution in [0.4, 0.5) is 17.6 Å². The van der Waals surface area contributed by atoms with Crippen molar-refractivity contribution in [3.63, 3.8) is 0 Å². The highest BCUT2D eigenvalue weighted by molar-refractivity contribution is 5.51. The highest BCUT2D eigenvalue weighted by Crippen LogP contribution is 2.15. The second-order valence-corrected chi connectivity index (χ2v) is 4.12. The van der Waals surface area contributed by atoms with Gasteiger partial charge in [0.25, 0.3) is 0 Å². The topological polar surface area (TPSA) is 96.1 Å². The summed E-state index contributed by atoms with van der Waals surface area (Å²) in [4.78, 5) is 8.17. The van der Waals surface area contributed by atoms with Crippen LogP contribution in [0.3, 0.4) is 0 Å². The fraction of sp³-hybridized carbons (Fsp3) is 0.636. The summed E-state index contributed by atoms with van der Waals surface area (Å²) in [5.74, 6) is 1.75. The van der Waals surface area contributed by atoms with Crippen LogP contribution in [0.1, 0.15) is 20.8 Å². The molecule has 2 atom stereocenters. The number of aliphatic hydroxyl groups excluding tert-OH is 1. The Bertz CT molecular complexity index is 358. The number of nitrogen functional groups attached to an aromatic ring is 1. The van der Waals surface area contributed by atoms with Gasteiger partial charge in [-0.2, -0.15) is 9.97 Å². The van der Waals surface area contributed by atoms with Gasteiger partial charge < -0.3 is 21.5 Å². The standard InChI is InChI=1S/C11H21N5O/c1-4-13-9-5-10(16-11(12)15-9)14-8(3)7(2)6-17/h5,7-8,17H,4,6H2,1-3H3,(H4,12,13,14,15,16). The molecule has 17 heavy (non-hydrogen) atoms. The third-order valence-electron chi connectivity index (χ3n) is 2.62. The summed E-state index contributed by atoms with van der Waals surface area (Å²) in [5.41, 5.74) is 5.62. The Labute approximate surface area is 102 Å². The minimum Gasteiger partial charge on any atom is -0.396 e. The molecule has 0 aromatic carbocycles. The van der Waals surface area contributed by atoms with Gasteiger partial charge in [0, 0.05) is 25.3 Å². The Morgan fingerprint density at radius 3 is 2.59 bits per heavy atom. The molecule has 2 unspecified atom stereocenters. The quantitative estimate of drug-likeness (QED) is 0.589. The molecular formula is C11H21N5O. The van der Waals surface area contributed by atoms with Crippen molar-refractivity contribution in [2.45, 2.75) is 26.8 Å². The monoisotopic (exact) mass is 239 g/mol. The average Bonchev–Trinajstić information content (AvgIpc) is 2.27. The summed E-state index contributed by atoms with van der Waals surface area (Å²) >= 11 is 0. The van der Waals surface area contributed by atoms with E-state index >= 15 is 0 Å². The van der Waals surface area contributed by atoms with Crippen molar-refractivity contribution in [2.75, 3.05) is 29.5 Å². The molecule has 0 aliphatic rings. The predicted octanol–water partition coefficient (Wildman–Crippen LogP) is 0.919. The van der Waals surface area contributed by atoms with Crippen LogP contribution < -0.4 is 16.4 Å². The third kappa shape index (κ3) is 4.07. The number of anilines is 3. The van der Waals surface area contributed by atoms with Crippen molar-refractivity contribution in [2.24, 2.45) is 5.92 Å². The van der Waals surface area contributed by atoms with E-state index in [0.717, 1.165) is 6.54 Å². The number of aromatic nitrogens is 2. The van der Waals surface area contributed by atoms with E-state index in [2.05, 4.69) is 20.6 Å². The minimum atomic E-state index is 0.115. The zero-order chi connectivity index (χ0) is 12.8. The zero-order valence-electron chi connectivity index (χ0n) is 10.6. The highest BCUT2D eigenvalue weighted by atomic mass is 16.3. The summed E-state index contributed by atoms with van der Waals surface area (Å²) in [6.07, 6.45) is 0. The van der Waals surface area contributed by atoms with E-state index in [9.17, 15) is 0 Å². The molecule has 5 N–H and O–H groups in total. The Morgan fingerprint density at radius 1 is 1.35 bits per heavy atom. The number of rotatable bonds is 6.